The van der Waals surface area contributed by atoms with Gasteiger partial charge in [-0.15, -0.1) is 11.3 Å². The summed E-state index contributed by atoms with van der Waals surface area (Å²) in [6, 6.07) is 10.3. The summed E-state index contributed by atoms with van der Waals surface area (Å²) in [5.74, 6) is 5.90. The Morgan fingerprint density at radius 2 is 2.17 bits per heavy atom. The van der Waals surface area contributed by atoms with Crippen molar-refractivity contribution in [2.24, 2.45) is 0 Å². The van der Waals surface area contributed by atoms with E-state index in [0.717, 1.165) is 28.2 Å². The van der Waals surface area contributed by atoms with E-state index in [2.05, 4.69) is 18.8 Å². The zero-order valence-corrected chi connectivity index (χ0v) is 14.0. The first kappa shape index (κ1) is 17.7. The van der Waals surface area contributed by atoms with Gasteiger partial charge in [-0.1, -0.05) is 37.3 Å². The van der Waals surface area contributed by atoms with Crippen molar-refractivity contribution in [1.29, 1.82) is 0 Å². The van der Waals surface area contributed by atoms with E-state index in [1.165, 1.54) is 23.5 Å². The monoisotopic (exact) mass is 332 g/mol. The quantitative estimate of drug-likeness (QED) is 0.589. The third-order valence-electron chi connectivity index (χ3n) is 3.26. The van der Waals surface area contributed by atoms with Crippen LogP contribution in [0.1, 0.15) is 47.6 Å². The molecule has 1 atom stereocenters. The number of aliphatic hydroxyl groups excluding tert-OH is 1. The molecule has 1 aromatic heterocycles. The molecule has 0 fully saturated rings. The molecule has 1 heterocycles. The van der Waals surface area contributed by atoms with Gasteiger partial charge >= 0.3 is 0 Å². The molecule has 23 heavy (non-hydrogen) atoms. The second-order valence-corrected chi connectivity index (χ2v) is 6.36. The molecular formula is C19H21FO2S. The number of aliphatic hydroxyl groups is 1. The zero-order valence-electron chi connectivity index (χ0n) is 13.2. The van der Waals surface area contributed by atoms with Gasteiger partial charge in [-0.05, 0) is 36.2 Å². The summed E-state index contributed by atoms with van der Waals surface area (Å²) in [6.45, 7) is 2.97. The standard InChI is InChI=1S/C19H21FO2S/c1-2-6-18(21)19-11-10-17(23-19)9-3-4-12-22-14-15-7-5-8-16(20)13-15/h5,7-8,10-11,13,18,21H,2,4,6,12,14H2,1H3. The normalized spacial score (nSPS) is 11.8. The average molecular weight is 332 g/mol. The smallest absolute Gasteiger partial charge is 0.123 e. The molecule has 2 rings (SSSR count). The summed E-state index contributed by atoms with van der Waals surface area (Å²) < 4.78 is 18.5. The number of thiophene rings is 1. The summed E-state index contributed by atoms with van der Waals surface area (Å²) in [5, 5.41) is 9.92. The Bertz CT molecular complexity index is 669. The van der Waals surface area contributed by atoms with Gasteiger partial charge in [0.15, 0.2) is 0 Å². The van der Waals surface area contributed by atoms with E-state index in [9.17, 15) is 9.50 Å². The molecule has 0 aliphatic heterocycles. The van der Waals surface area contributed by atoms with Gasteiger partial charge in [0.1, 0.15) is 5.82 Å². The van der Waals surface area contributed by atoms with Crippen molar-refractivity contribution in [3.8, 4) is 11.8 Å². The van der Waals surface area contributed by atoms with Gasteiger partial charge in [-0.25, -0.2) is 4.39 Å². The number of ether oxygens (including phenoxy) is 1. The van der Waals surface area contributed by atoms with Crippen LogP contribution in [0.15, 0.2) is 36.4 Å². The lowest BCUT2D eigenvalue weighted by Gasteiger charge is -2.04. The van der Waals surface area contributed by atoms with E-state index in [1.54, 1.807) is 6.07 Å². The first-order valence-electron chi connectivity index (χ1n) is 7.78. The van der Waals surface area contributed by atoms with E-state index < -0.39 is 0 Å². The molecule has 0 radical (unpaired) electrons. The highest BCUT2D eigenvalue weighted by atomic mass is 32.1. The molecule has 4 heteroatoms. The van der Waals surface area contributed by atoms with Crippen LogP contribution in [0.25, 0.3) is 0 Å². The van der Waals surface area contributed by atoms with Gasteiger partial charge in [0, 0.05) is 11.3 Å². The summed E-state index contributed by atoms with van der Waals surface area (Å²) in [6.07, 6.45) is 1.99. The van der Waals surface area contributed by atoms with Crippen LogP contribution in [0.3, 0.4) is 0 Å². The first-order valence-corrected chi connectivity index (χ1v) is 8.59. The van der Waals surface area contributed by atoms with Crippen LogP contribution in [0.2, 0.25) is 0 Å². The van der Waals surface area contributed by atoms with E-state index >= 15 is 0 Å². The van der Waals surface area contributed by atoms with Gasteiger partial charge in [-0.2, -0.15) is 0 Å². The fourth-order valence-electron chi connectivity index (χ4n) is 2.10. The lowest BCUT2D eigenvalue weighted by Crippen LogP contribution is -1.94. The van der Waals surface area contributed by atoms with Crippen LogP contribution < -0.4 is 0 Å². The van der Waals surface area contributed by atoms with Gasteiger partial charge in [-0.3, -0.25) is 0 Å². The van der Waals surface area contributed by atoms with Crippen LogP contribution >= 0.6 is 11.3 Å². The fraction of sp³-hybridized carbons (Fsp3) is 0.368. The molecule has 1 aromatic carbocycles. The molecule has 0 aliphatic rings. The molecule has 1 unspecified atom stereocenters. The van der Waals surface area contributed by atoms with Crippen molar-refractivity contribution in [2.45, 2.75) is 38.9 Å². The van der Waals surface area contributed by atoms with Crippen molar-refractivity contribution >= 4 is 11.3 Å². The zero-order chi connectivity index (χ0) is 16.5. The van der Waals surface area contributed by atoms with Crippen LogP contribution in [0.4, 0.5) is 4.39 Å². The van der Waals surface area contributed by atoms with Crippen LogP contribution in [0.5, 0.6) is 0 Å². The Balaban J connectivity index is 1.71. The lowest BCUT2D eigenvalue weighted by molar-refractivity contribution is 0.126. The van der Waals surface area contributed by atoms with Crippen molar-refractivity contribution in [3.05, 3.63) is 57.5 Å². The average Bonchev–Trinajstić information content (AvgIpc) is 3.00. The Labute approximate surface area is 140 Å². The molecule has 0 amide bonds. The van der Waals surface area contributed by atoms with Crippen LogP contribution in [-0.4, -0.2) is 11.7 Å². The van der Waals surface area contributed by atoms with Crippen molar-refractivity contribution in [3.63, 3.8) is 0 Å². The SMILES string of the molecule is CCCC(O)c1ccc(C#CCCOCc2cccc(F)c2)s1. The largest absolute Gasteiger partial charge is 0.388 e. The summed E-state index contributed by atoms with van der Waals surface area (Å²) in [7, 11) is 0. The third kappa shape index (κ3) is 6.15. The molecular weight excluding hydrogens is 311 g/mol. The number of hydrogen-bond donors (Lipinski definition) is 1. The summed E-state index contributed by atoms with van der Waals surface area (Å²) >= 11 is 1.54. The maximum absolute atomic E-state index is 13.0. The number of halogens is 1. The summed E-state index contributed by atoms with van der Waals surface area (Å²) in [4.78, 5) is 1.93. The topological polar surface area (TPSA) is 29.5 Å². The summed E-state index contributed by atoms with van der Waals surface area (Å²) in [5.41, 5.74) is 0.825. The molecule has 0 spiro atoms. The second-order valence-electron chi connectivity index (χ2n) is 5.24. The molecule has 0 saturated heterocycles. The molecule has 0 bridgehead atoms. The molecule has 122 valence electrons. The molecule has 2 nitrogen and oxygen atoms in total. The predicted octanol–water partition coefficient (Wildman–Crippen LogP) is 4.68. The van der Waals surface area contributed by atoms with E-state index in [-0.39, 0.29) is 11.9 Å². The Hall–Kier alpha value is -1.67. The lowest BCUT2D eigenvalue weighted by atomic mass is 10.2. The molecule has 0 aliphatic carbocycles. The fourth-order valence-corrected chi connectivity index (χ4v) is 3.01. The Morgan fingerprint density at radius 1 is 1.30 bits per heavy atom. The van der Waals surface area contributed by atoms with E-state index in [1.807, 2.05) is 18.2 Å². The van der Waals surface area contributed by atoms with Crippen molar-refractivity contribution in [2.75, 3.05) is 6.61 Å². The van der Waals surface area contributed by atoms with Crippen molar-refractivity contribution in [1.82, 2.24) is 0 Å². The van der Waals surface area contributed by atoms with Gasteiger partial charge in [0.2, 0.25) is 0 Å². The number of benzene rings is 1. The minimum absolute atomic E-state index is 0.246. The minimum atomic E-state index is -0.379. The van der Waals surface area contributed by atoms with Gasteiger partial charge in [0.05, 0.1) is 24.2 Å². The maximum Gasteiger partial charge on any atom is 0.123 e. The van der Waals surface area contributed by atoms with Gasteiger partial charge in [0.25, 0.3) is 0 Å². The van der Waals surface area contributed by atoms with E-state index in [4.69, 9.17) is 4.74 Å². The second kappa shape index (κ2) is 9.46. The third-order valence-corrected chi connectivity index (χ3v) is 4.36. The van der Waals surface area contributed by atoms with E-state index in [0.29, 0.717) is 19.6 Å². The molecule has 0 saturated carbocycles. The van der Waals surface area contributed by atoms with Crippen LogP contribution in [0, 0.1) is 17.7 Å². The highest BCUT2D eigenvalue weighted by Crippen LogP contribution is 2.25. The highest BCUT2D eigenvalue weighted by Gasteiger charge is 2.08. The first-order chi connectivity index (χ1) is 11.2. The highest BCUT2D eigenvalue weighted by molar-refractivity contribution is 7.12. The maximum atomic E-state index is 13.0. The van der Waals surface area contributed by atoms with Crippen LogP contribution in [-0.2, 0) is 11.3 Å². The Kier molecular flexibility index (Phi) is 7.28. The minimum Gasteiger partial charge on any atom is -0.388 e. The Morgan fingerprint density at radius 3 is 2.96 bits per heavy atom. The van der Waals surface area contributed by atoms with Gasteiger partial charge < -0.3 is 9.84 Å². The number of hydrogen-bond acceptors (Lipinski definition) is 3. The predicted molar refractivity (Wildman–Crippen MR) is 91.7 cm³/mol. The molecule has 1 N–H and O–H groups in total. The molecule has 2 aromatic rings. The number of rotatable bonds is 7. The van der Waals surface area contributed by atoms with Crippen molar-refractivity contribution < 1.29 is 14.2 Å².